The molecule has 1 saturated heterocycles. The van der Waals surface area contributed by atoms with Crippen molar-refractivity contribution in [2.75, 3.05) is 42.9 Å². The van der Waals surface area contributed by atoms with Crippen molar-refractivity contribution >= 4 is 28.1 Å². The van der Waals surface area contributed by atoms with Crippen LogP contribution in [0.1, 0.15) is 43.6 Å². The standard InChI is InChI=1S/C26H33N5O2/c1-3-5-10-15-31-26(33)21-12-7-6-11-20(21)24(28-31)25(32)27-22-13-8-9-14-23(22)30-18-16-29(4-2)17-19-30/h6-9,11-14H,3-5,10,15-19H2,1-2H3,(H,27,32). The zero-order valence-corrected chi connectivity index (χ0v) is 19.6. The lowest BCUT2D eigenvalue weighted by molar-refractivity contribution is 0.102. The molecule has 1 aliphatic heterocycles. The number of nitrogens with one attached hydrogen (secondary N) is 1. The maximum absolute atomic E-state index is 13.4. The van der Waals surface area contributed by atoms with Crippen molar-refractivity contribution in [3.8, 4) is 0 Å². The summed E-state index contributed by atoms with van der Waals surface area (Å²) in [4.78, 5) is 31.1. The fourth-order valence-electron chi connectivity index (χ4n) is 4.41. The molecule has 0 unspecified atom stereocenters. The first-order valence-electron chi connectivity index (χ1n) is 12.0. The van der Waals surface area contributed by atoms with Gasteiger partial charge in [-0.15, -0.1) is 0 Å². The number of carbonyl (C=O) groups is 1. The van der Waals surface area contributed by atoms with Crippen LogP contribution in [0.4, 0.5) is 11.4 Å². The lowest BCUT2D eigenvalue weighted by atomic mass is 10.1. The summed E-state index contributed by atoms with van der Waals surface area (Å²) >= 11 is 0. The quantitative estimate of drug-likeness (QED) is 0.529. The zero-order chi connectivity index (χ0) is 23.2. The van der Waals surface area contributed by atoms with Gasteiger partial charge in [0.05, 0.1) is 16.8 Å². The molecule has 33 heavy (non-hydrogen) atoms. The molecule has 1 fully saturated rings. The first kappa shape index (κ1) is 23.0. The summed E-state index contributed by atoms with van der Waals surface area (Å²) in [6, 6.07) is 15.1. The number of carbonyl (C=O) groups excluding carboxylic acids is 1. The molecule has 0 saturated carbocycles. The number of amides is 1. The molecule has 174 valence electrons. The molecule has 0 atom stereocenters. The summed E-state index contributed by atoms with van der Waals surface area (Å²) in [7, 11) is 0. The number of rotatable bonds is 8. The number of hydrogen-bond acceptors (Lipinski definition) is 5. The molecule has 7 nitrogen and oxygen atoms in total. The predicted molar refractivity (Wildman–Crippen MR) is 134 cm³/mol. The summed E-state index contributed by atoms with van der Waals surface area (Å²) in [5, 5.41) is 8.70. The van der Waals surface area contributed by atoms with E-state index in [1.165, 1.54) is 4.68 Å². The molecule has 0 radical (unpaired) electrons. The van der Waals surface area contributed by atoms with Crippen LogP contribution in [0.2, 0.25) is 0 Å². The Morgan fingerprint density at radius 2 is 1.64 bits per heavy atom. The first-order valence-corrected chi connectivity index (χ1v) is 12.0. The first-order chi connectivity index (χ1) is 16.1. The summed E-state index contributed by atoms with van der Waals surface area (Å²) < 4.78 is 1.45. The number of aryl methyl sites for hydroxylation is 1. The summed E-state index contributed by atoms with van der Waals surface area (Å²) in [5.41, 5.74) is 1.92. The molecule has 0 bridgehead atoms. The van der Waals surface area contributed by atoms with Crippen molar-refractivity contribution in [1.29, 1.82) is 0 Å². The zero-order valence-electron chi connectivity index (χ0n) is 19.6. The van der Waals surface area contributed by atoms with Crippen molar-refractivity contribution in [3.05, 3.63) is 64.6 Å². The number of likely N-dealkylation sites (N-methyl/N-ethyl adjacent to an activating group) is 1. The Labute approximate surface area is 195 Å². The van der Waals surface area contributed by atoms with E-state index in [2.05, 4.69) is 40.1 Å². The number of nitrogens with zero attached hydrogens (tertiary/aromatic N) is 4. The highest BCUT2D eigenvalue weighted by molar-refractivity contribution is 6.12. The Kier molecular flexibility index (Phi) is 7.40. The summed E-state index contributed by atoms with van der Waals surface area (Å²) in [6.07, 6.45) is 2.93. The monoisotopic (exact) mass is 447 g/mol. The van der Waals surface area contributed by atoms with Gasteiger partial charge in [0.25, 0.3) is 11.5 Å². The van der Waals surface area contributed by atoms with E-state index in [0.717, 1.165) is 63.4 Å². The van der Waals surface area contributed by atoms with Gasteiger partial charge >= 0.3 is 0 Å². The van der Waals surface area contributed by atoms with Crippen molar-refractivity contribution < 1.29 is 4.79 Å². The van der Waals surface area contributed by atoms with E-state index >= 15 is 0 Å². The minimum Gasteiger partial charge on any atom is -0.367 e. The minimum atomic E-state index is -0.296. The largest absolute Gasteiger partial charge is 0.367 e. The van der Waals surface area contributed by atoms with Crippen LogP contribution in [0.25, 0.3) is 10.8 Å². The van der Waals surface area contributed by atoms with Gasteiger partial charge in [0.15, 0.2) is 5.69 Å². The summed E-state index contributed by atoms with van der Waals surface area (Å²) in [5.74, 6) is -0.296. The Hall–Kier alpha value is -3.19. The number of para-hydroxylation sites is 2. The highest BCUT2D eigenvalue weighted by Crippen LogP contribution is 2.27. The Morgan fingerprint density at radius 3 is 2.36 bits per heavy atom. The third-order valence-corrected chi connectivity index (χ3v) is 6.37. The van der Waals surface area contributed by atoms with Crippen molar-refractivity contribution in [3.63, 3.8) is 0 Å². The molecule has 0 aliphatic carbocycles. The van der Waals surface area contributed by atoms with E-state index in [0.29, 0.717) is 17.3 Å². The fraction of sp³-hybridized carbons (Fsp3) is 0.423. The van der Waals surface area contributed by atoms with Crippen molar-refractivity contribution in [1.82, 2.24) is 14.7 Å². The van der Waals surface area contributed by atoms with Crippen LogP contribution < -0.4 is 15.8 Å². The molecule has 2 heterocycles. The van der Waals surface area contributed by atoms with E-state index in [9.17, 15) is 9.59 Å². The molecule has 1 N–H and O–H groups in total. The van der Waals surface area contributed by atoms with Gasteiger partial charge in [0.2, 0.25) is 0 Å². The van der Waals surface area contributed by atoms with Crippen LogP contribution in [0, 0.1) is 0 Å². The molecule has 1 aliphatic rings. The van der Waals surface area contributed by atoms with Gasteiger partial charge in [-0.25, -0.2) is 4.68 Å². The molecule has 3 aromatic rings. The average Bonchev–Trinajstić information content (AvgIpc) is 2.86. The Balaban J connectivity index is 1.64. The third kappa shape index (κ3) is 5.09. The van der Waals surface area contributed by atoms with Crippen LogP contribution in [0.15, 0.2) is 53.3 Å². The molecular formula is C26H33N5O2. The number of piperazine rings is 1. The second-order valence-electron chi connectivity index (χ2n) is 8.52. The molecule has 1 aromatic heterocycles. The smallest absolute Gasteiger partial charge is 0.276 e. The molecule has 7 heteroatoms. The van der Waals surface area contributed by atoms with Gasteiger partial charge in [-0.3, -0.25) is 9.59 Å². The van der Waals surface area contributed by atoms with E-state index < -0.39 is 0 Å². The number of benzene rings is 2. The maximum Gasteiger partial charge on any atom is 0.276 e. The van der Waals surface area contributed by atoms with E-state index in [-0.39, 0.29) is 17.2 Å². The van der Waals surface area contributed by atoms with E-state index in [1.54, 1.807) is 12.1 Å². The van der Waals surface area contributed by atoms with Gasteiger partial charge < -0.3 is 15.1 Å². The highest BCUT2D eigenvalue weighted by atomic mass is 16.2. The number of hydrogen-bond donors (Lipinski definition) is 1. The molecule has 4 rings (SSSR count). The van der Waals surface area contributed by atoms with Crippen LogP contribution in [-0.4, -0.2) is 53.3 Å². The maximum atomic E-state index is 13.4. The number of unbranched alkanes of at least 4 members (excludes halogenated alkanes) is 2. The van der Waals surface area contributed by atoms with Gasteiger partial charge in [-0.05, 0) is 31.2 Å². The van der Waals surface area contributed by atoms with Crippen molar-refractivity contribution in [2.24, 2.45) is 0 Å². The lowest BCUT2D eigenvalue weighted by Crippen LogP contribution is -2.46. The van der Waals surface area contributed by atoms with Crippen LogP contribution in [0.3, 0.4) is 0 Å². The van der Waals surface area contributed by atoms with Gasteiger partial charge in [0.1, 0.15) is 0 Å². The Morgan fingerprint density at radius 1 is 0.939 bits per heavy atom. The minimum absolute atomic E-state index is 0.146. The number of anilines is 2. The predicted octanol–water partition coefficient (Wildman–Crippen LogP) is 3.98. The molecule has 0 spiro atoms. The van der Waals surface area contributed by atoms with Crippen LogP contribution in [-0.2, 0) is 6.54 Å². The number of fused-ring (bicyclic) bond motifs is 1. The fourth-order valence-corrected chi connectivity index (χ4v) is 4.41. The van der Waals surface area contributed by atoms with E-state index in [1.807, 2.05) is 30.3 Å². The summed E-state index contributed by atoms with van der Waals surface area (Å²) in [6.45, 7) is 9.72. The highest BCUT2D eigenvalue weighted by Gasteiger charge is 2.21. The molecular weight excluding hydrogens is 414 g/mol. The SMILES string of the molecule is CCCCCn1nc(C(=O)Nc2ccccc2N2CCN(CC)CC2)c2ccccc2c1=O. The lowest BCUT2D eigenvalue weighted by Gasteiger charge is -2.36. The van der Waals surface area contributed by atoms with Crippen LogP contribution in [0.5, 0.6) is 0 Å². The van der Waals surface area contributed by atoms with Gasteiger partial charge in [-0.1, -0.05) is 57.0 Å². The van der Waals surface area contributed by atoms with Crippen molar-refractivity contribution in [2.45, 2.75) is 39.7 Å². The Bertz CT molecular complexity index is 1160. The van der Waals surface area contributed by atoms with E-state index in [4.69, 9.17) is 0 Å². The topological polar surface area (TPSA) is 70.5 Å². The second kappa shape index (κ2) is 10.6. The molecule has 1 amide bonds. The van der Waals surface area contributed by atoms with Gasteiger partial charge in [-0.2, -0.15) is 5.10 Å². The molecule has 2 aromatic carbocycles. The van der Waals surface area contributed by atoms with Gasteiger partial charge in [0, 0.05) is 38.1 Å². The second-order valence-corrected chi connectivity index (χ2v) is 8.52. The average molecular weight is 448 g/mol. The number of aromatic nitrogens is 2. The van der Waals surface area contributed by atoms with Crippen LogP contribution >= 0.6 is 0 Å². The third-order valence-electron chi connectivity index (χ3n) is 6.37. The normalized spacial score (nSPS) is 14.5.